The van der Waals surface area contributed by atoms with Gasteiger partial charge in [-0.3, -0.25) is 0 Å². The lowest BCUT2D eigenvalue weighted by Crippen LogP contribution is -2.67. The molecule has 0 spiro atoms. The van der Waals surface area contributed by atoms with Gasteiger partial charge in [0, 0.05) is 10.5 Å². The number of rotatable bonds is 8. The Morgan fingerprint density at radius 3 is 2.12 bits per heavy atom. The lowest BCUT2D eigenvalue weighted by molar-refractivity contribution is -0.314. The van der Waals surface area contributed by atoms with Crippen LogP contribution in [0.15, 0.2) is 90.0 Å². The molecule has 0 aromatic heterocycles. The van der Waals surface area contributed by atoms with Crippen molar-refractivity contribution in [2.24, 2.45) is 5.11 Å². The number of ether oxygens (including phenoxy) is 4. The summed E-state index contributed by atoms with van der Waals surface area (Å²) in [5.74, 6) is 0.710. The summed E-state index contributed by atoms with van der Waals surface area (Å²) in [6.45, 7) is 4.22. The van der Waals surface area contributed by atoms with Gasteiger partial charge in [-0.1, -0.05) is 91.8 Å². The molecule has 40 heavy (non-hydrogen) atoms. The molecule has 2 heterocycles. The molecule has 4 unspecified atom stereocenters. The second-order valence-electron chi connectivity index (χ2n) is 11.0. The fourth-order valence-electron chi connectivity index (χ4n) is 5.95. The zero-order chi connectivity index (χ0) is 28.3. The summed E-state index contributed by atoms with van der Waals surface area (Å²) in [6, 6.07) is 25.8. The maximum Gasteiger partial charge on any atom is 0.258 e. The first-order valence-electron chi connectivity index (χ1n) is 13.4. The Kier molecular flexibility index (Phi) is 8.30. The molecule has 2 aliphatic rings. The van der Waals surface area contributed by atoms with Crippen LogP contribution in [0.3, 0.4) is 0 Å². The standard InChI is InChI=1S/C30H35N3O6Si/c1-30(2,40(35,22-10-6-4-7-11-22)23-12-8-5-9-13-23)18-24-26(32-33-31)27(34)28-25(38-24)19-37-29(39-28)20-14-16-21(36-3)17-15-20/h4-17,24-29,34-35H,18-19H2,1-3H3/t24-,25?,26?,27?,28-,29?/m0/s1. The summed E-state index contributed by atoms with van der Waals surface area (Å²) >= 11 is 0. The van der Waals surface area contributed by atoms with Crippen LogP contribution in [0.5, 0.6) is 5.75 Å². The highest BCUT2D eigenvalue weighted by molar-refractivity contribution is 6.98. The first-order chi connectivity index (χ1) is 19.3. The smallest absolute Gasteiger partial charge is 0.258 e. The maximum absolute atomic E-state index is 12.6. The third-order valence-corrected chi connectivity index (χ3v) is 12.6. The van der Waals surface area contributed by atoms with Crippen LogP contribution in [0.25, 0.3) is 10.4 Å². The summed E-state index contributed by atoms with van der Waals surface area (Å²) in [7, 11) is -1.77. The highest BCUT2D eigenvalue weighted by Gasteiger charge is 2.55. The summed E-state index contributed by atoms with van der Waals surface area (Å²) in [5, 5.41) is 16.5. The molecule has 2 saturated heterocycles. The summed E-state index contributed by atoms with van der Waals surface area (Å²) in [6.07, 6.45) is -3.49. The van der Waals surface area contributed by atoms with Crippen molar-refractivity contribution in [3.05, 3.63) is 101 Å². The van der Waals surface area contributed by atoms with Gasteiger partial charge in [-0.2, -0.15) is 0 Å². The van der Waals surface area contributed by atoms with Crippen LogP contribution in [-0.2, 0) is 14.2 Å². The van der Waals surface area contributed by atoms with Crippen LogP contribution in [0.2, 0.25) is 5.04 Å². The molecule has 0 bridgehead atoms. The lowest BCUT2D eigenvalue weighted by Gasteiger charge is -2.50. The molecule has 0 saturated carbocycles. The van der Waals surface area contributed by atoms with Gasteiger partial charge in [-0.05, 0) is 39.5 Å². The average molecular weight is 562 g/mol. The number of azide groups is 1. The Balaban J connectivity index is 1.42. The highest BCUT2D eigenvalue weighted by atomic mass is 28.4. The van der Waals surface area contributed by atoms with E-state index >= 15 is 0 Å². The molecule has 10 heteroatoms. The van der Waals surface area contributed by atoms with E-state index < -0.39 is 50.1 Å². The van der Waals surface area contributed by atoms with E-state index in [1.165, 1.54) is 0 Å². The summed E-state index contributed by atoms with van der Waals surface area (Å²) in [4.78, 5) is 15.6. The van der Waals surface area contributed by atoms with Gasteiger partial charge in [0.1, 0.15) is 18.0 Å². The van der Waals surface area contributed by atoms with Crippen molar-refractivity contribution in [2.75, 3.05) is 13.7 Å². The highest BCUT2D eigenvalue weighted by Crippen LogP contribution is 2.44. The monoisotopic (exact) mass is 561 g/mol. The zero-order valence-corrected chi connectivity index (χ0v) is 23.8. The van der Waals surface area contributed by atoms with Gasteiger partial charge in [0.15, 0.2) is 6.29 Å². The van der Waals surface area contributed by atoms with Crippen molar-refractivity contribution >= 4 is 18.7 Å². The Bertz CT molecular complexity index is 1280. The van der Waals surface area contributed by atoms with E-state index in [4.69, 9.17) is 18.9 Å². The van der Waals surface area contributed by atoms with E-state index in [1.54, 1.807) is 7.11 Å². The van der Waals surface area contributed by atoms with Crippen molar-refractivity contribution in [3.8, 4) is 5.75 Å². The van der Waals surface area contributed by atoms with Crippen LogP contribution in [0, 0.1) is 0 Å². The van der Waals surface area contributed by atoms with Gasteiger partial charge >= 0.3 is 0 Å². The molecule has 0 radical (unpaired) electrons. The van der Waals surface area contributed by atoms with Crippen molar-refractivity contribution in [2.45, 2.75) is 62.1 Å². The fraction of sp³-hybridized carbons (Fsp3) is 0.400. The minimum Gasteiger partial charge on any atom is -0.497 e. The number of fused-ring (bicyclic) bond motifs is 1. The zero-order valence-electron chi connectivity index (χ0n) is 22.8. The second kappa shape index (κ2) is 11.7. The molecule has 2 fully saturated rings. The Morgan fingerprint density at radius 2 is 1.57 bits per heavy atom. The molecule has 0 amide bonds. The molecular formula is C30H35N3O6Si. The van der Waals surface area contributed by atoms with E-state index in [2.05, 4.69) is 10.0 Å². The van der Waals surface area contributed by atoms with Gasteiger partial charge in [-0.15, -0.1) is 0 Å². The van der Waals surface area contributed by atoms with Crippen molar-refractivity contribution < 1.29 is 28.8 Å². The lowest BCUT2D eigenvalue weighted by atomic mass is 9.88. The van der Waals surface area contributed by atoms with Gasteiger partial charge in [0.2, 0.25) is 0 Å². The quantitative estimate of drug-likeness (QED) is 0.186. The molecule has 3 aromatic carbocycles. The summed E-state index contributed by atoms with van der Waals surface area (Å²) in [5.41, 5.74) is 10.2. The Morgan fingerprint density at radius 1 is 0.975 bits per heavy atom. The largest absolute Gasteiger partial charge is 0.497 e. The van der Waals surface area contributed by atoms with Gasteiger partial charge in [0.25, 0.3) is 8.32 Å². The number of methoxy groups -OCH3 is 1. The van der Waals surface area contributed by atoms with Crippen molar-refractivity contribution in [1.82, 2.24) is 0 Å². The van der Waals surface area contributed by atoms with E-state index in [9.17, 15) is 15.4 Å². The van der Waals surface area contributed by atoms with Gasteiger partial charge < -0.3 is 28.8 Å². The maximum atomic E-state index is 12.6. The molecule has 2 N–H and O–H groups in total. The minimum absolute atomic E-state index is 0.192. The molecule has 5 rings (SSSR count). The van der Waals surface area contributed by atoms with E-state index in [-0.39, 0.29) is 6.61 Å². The van der Waals surface area contributed by atoms with Gasteiger partial charge in [-0.25, -0.2) is 0 Å². The molecule has 9 nitrogen and oxygen atoms in total. The molecule has 2 aliphatic heterocycles. The minimum atomic E-state index is -3.36. The SMILES string of the molecule is COc1ccc(C2OCC3O[C@@H](CC(C)(C)[Si](O)(c4ccccc4)c4ccccc4)C(N=[N+]=[N-])C(O)[C@H]3O2)cc1. The Hall–Kier alpha value is -3.21. The van der Waals surface area contributed by atoms with Crippen LogP contribution >= 0.6 is 0 Å². The topological polar surface area (TPSA) is 126 Å². The molecule has 0 aliphatic carbocycles. The van der Waals surface area contributed by atoms with Crippen LogP contribution < -0.4 is 15.1 Å². The third kappa shape index (κ3) is 5.27. The van der Waals surface area contributed by atoms with E-state index in [0.29, 0.717) is 12.2 Å². The number of hydrogen-bond donors (Lipinski definition) is 2. The first kappa shape index (κ1) is 28.3. The van der Waals surface area contributed by atoms with Crippen LogP contribution in [0.4, 0.5) is 0 Å². The normalized spacial score (nSPS) is 26.8. The van der Waals surface area contributed by atoms with E-state index in [0.717, 1.165) is 15.9 Å². The molecule has 6 atom stereocenters. The van der Waals surface area contributed by atoms with Crippen LogP contribution in [0.1, 0.15) is 32.1 Å². The number of nitrogens with zero attached hydrogens (tertiary/aromatic N) is 3. The number of aliphatic hydroxyl groups is 1. The van der Waals surface area contributed by atoms with Crippen LogP contribution in [-0.4, -0.2) is 62.4 Å². The first-order valence-corrected chi connectivity index (χ1v) is 15.4. The molecule has 3 aromatic rings. The van der Waals surface area contributed by atoms with Gasteiger partial charge in [0.05, 0.1) is 32.0 Å². The van der Waals surface area contributed by atoms with Crippen molar-refractivity contribution in [1.29, 1.82) is 0 Å². The average Bonchev–Trinajstić information content (AvgIpc) is 2.99. The Labute approximate surface area is 235 Å². The number of benzene rings is 3. The molecule has 210 valence electrons. The fourth-order valence-corrected chi connectivity index (χ4v) is 9.69. The van der Waals surface area contributed by atoms with E-state index in [1.807, 2.05) is 98.8 Å². The van der Waals surface area contributed by atoms with Crippen molar-refractivity contribution in [3.63, 3.8) is 0 Å². The predicted octanol–water partition coefficient (Wildman–Crippen LogP) is 3.84. The third-order valence-electron chi connectivity index (χ3n) is 8.12. The second-order valence-corrected chi connectivity index (χ2v) is 14.9. The summed E-state index contributed by atoms with van der Waals surface area (Å²) < 4.78 is 23.8. The molecular weight excluding hydrogens is 526 g/mol. The number of aliphatic hydroxyl groups excluding tert-OH is 1. The predicted molar refractivity (Wildman–Crippen MR) is 153 cm³/mol. The number of hydrogen-bond acceptors (Lipinski definition) is 7.